The van der Waals surface area contributed by atoms with Crippen molar-refractivity contribution in [3.63, 3.8) is 0 Å². The van der Waals surface area contributed by atoms with Gasteiger partial charge >= 0.3 is 6.09 Å². The maximum Gasteiger partial charge on any atom is 0.407 e. The number of nitrogens with one attached hydrogen (secondary N) is 1. The highest BCUT2D eigenvalue weighted by molar-refractivity contribution is 7.99. The van der Waals surface area contributed by atoms with Crippen LogP contribution in [0, 0.1) is 0 Å². The van der Waals surface area contributed by atoms with Gasteiger partial charge in [-0.15, -0.1) is 24.2 Å². The molecule has 1 aliphatic rings. The van der Waals surface area contributed by atoms with Crippen LogP contribution in [0.25, 0.3) is 0 Å². The number of hydrogen-bond acceptors (Lipinski definition) is 5. The molecule has 27 heavy (non-hydrogen) atoms. The van der Waals surface area contributed by atoms with E-state index in [1.165, 1.54) is 22.8 Å². The van der Waals surface area contributed by atoms with Gasteiger partial charge < -0.3 is 15.0 Å². The summed E-state index contributed by atoms with van der Waals surface area (Å²) in [4.78, 5) is 17.8. The lowest BCUT2D eigenvalue weighted by Gasteiger charge is -2.37. The lowest BCUT2D eigenvalue weighted by atomic mass is 10.2. The number of halogens is 1. The molecule has 5 nitrogen and oxygen atoms in total. The number of anilines is 1. The predicted octanol–water partition coefficient (Wildman–Crippen LogP) is 4.26. The number of amides is 1. The number of alkyl carbamates (subject to hydrolysis) is 1. The number of carbonyl (C=O) groups excluding carboxylic acids is 1. The van der Waals surface area contributed by atoms with Crippen molar-refractivity contribution in [1.82, 2.24) is 10.2 Å². The molecular formula is C20H34ClN3O2S. The van der Waals surface area contributed by atoms with Crippen molar-refractivity contribution < 1.29 is 9.53 Å². The van der Waals surface area contributed by atoms with E-state index >= 15 is 0 Å². The average molecular weight is 416 g/mol. The van der Waals surface area contributed by atoms with E-state index in [-0.39, 0.29) is 18.5 Å². The molecule has 0 aliphatic carbocycles. The molecule has 0 radical (unpaired) electrons. The molecule has 1 N–H and O–H groups in total. The topological polar surface area (TPSA) is 44.8 Å². The first-order valence-electron chi connectivity index (χ1n) is 9.84. The number of nitrogens with zero attached hydrogens (tertiary/aromatic N) is 2. The second-order valence-electron chi connectivity index (χ2n) is 6.56. The zero-order chi connectivity index (χ0) is 18.6. The fourth-order valence-corrected chi connectivity index (χ4v) is 3.95. The van der Waals surface area contributed by atoms with Crippen LogP contribution >= 0.6 is 24.2 Å². The number of hydrogen-bond donors (Lipinski definition) is 1. The van der Waals surface area contributed by atoms with E-state index in [2.05, 4.69) is 46.3 Å². The Balaban J connectivity index is 0.00000364. The van der Waals surface area contributed by atoms with Gasteiger partial charge in [-0.1, -0.05) is 26.0 Å². The van der Waals surface area contributed by atoms with Gasteiger partial charge in [0.15, 0.2) is 0 Å². The van der Waals surface area contributed by atoms with Crippen LogP contribution in [0.2, 0.25) is 0 Å². The lowest BCUT2D eigenvalue weighted by Crippen LogP contribution is -2.47. The minimum atomic E-state index is -0.294. The van der Waals surface area contributed by atoms with Gasteiger partial charge in [0.25, 0.3) is 0 Å². The molecule has 1 heterocycles. The molecule has 0 bridgehead atoms. The van der Waals surface area contributed by atoms with Gasteiger partial charge in [0.05, 0.1) is 12.3 Å². The average Bonchev–Trinajstić information content (AvgIpc) is 2.69. The maximum absolute atomic E-state index is 11.4. The van der Waals surface area contributed by atoms with Crippen molar-refractivity contribution in [3.8, 4) is 0 Å². The van der Waals surface area contributed by atoms with Crippen LogP contribution in [0.15, 0.2) is 29.2 Å². The minimum Gasteiger partial charge on any atom is -0.450 e. The molecule has 1 aliphatic heterocycles. The Morgan fingerprint density at radius 3 is 2.59 bits per heavy atom. The Morgan fingerprint density at radius 2 is 1.89 bits per heavy atom. The molecule has 0 saturated carbocycles. The minimum absolute atomic E-state index is 0. The Labute approximate surface area is 174 Å². The molecule has 2 rings (SSSR count). The number of benzene rings is 1. The number of ether oxygens (including phenoxy) is 1. The quantitative estimate of drug-likeness (QED) is 0.457. The van der Waals surface area contributed by atoms with E-state index < -0.39 is 0 Å². The molecule has 1 saturated heterocycles. The summed E-state index contributed by atoms with van der Waals surface area (Å²) < 4.78 is 5.01. The highest BCUT2D eigenvalue weighted by Crippen LogP contribution is 2.31. The third kappa shape index (κ3) is 8.62. The van der Waals surface area contributed by atoms with E-state index in [9.17, 15) is 4.79 Å². The van der Waals surface area contributed by atoms with E-state index in [0.29, 0.717) is 13.2 Å². The van der Waals surface area contributed by atoms with Crippen LogP contribution in [0.5, 0.6) is 0 Å². The molecule has 1 aromatic rings. The summed E-state index contributed by atoms with van der Waals surface area (Å²) in [5.41, 5.74) is 1.38. The van der Waals surface area contributed by atoms with Gasteiger partial charge in [0.1, 0.15) is 0 Å². The second-order valence-corrected chi connectivity index (χ2v) is 7.70. The van der Waals surface area contributed by atoms with Gasteiger partial charge in [-0.2, -0.15) is 0 Å². The normalized spacial score (nSPS) is 14.5. The van der Waals surface area contributed by atoms with Crippen LogP contribution in [0.1, 0.15) is 33.1 Å². The SMILES string of the molecule is CCCOC(=O)NCCCN1CCN(c2ccccc2SCCC)CC1.Cl. The van der Waals surface area contributed by atoms with Crippen LogP contribution in [0.4, 0.5) is 10.5 Å². The fourth-order valence-electron chi connectivity index (χ4n) is 3.00. The van der Waals surface area contributed by atoms with Crippen molar-refractivity contribution in [3.05, 3.63) is 24.3 Å². The predicted molar refractivity (Wildman–Crippen MR) is 118 cm³/mol. The van der Waals surface area contributed by atoms with Crippen molar-refractivity contribution >= 4 is 35.9 Å². The third-order valence-electron chi connectivity index (χ3n) is 4.40. The third-order valence-corrected chi connectivity index (χ3v) is 5.67. The number of piperazine rings is 1. The molecule has 1 fully saturated rings. The van der Waals surface area contributed by atoms with Gasteiger partial charge in [-0.05, 0) is 43.7 Å². The molecule has 7 heteroatoms. The second kappa shape index (κ2) is 14.0. The summed E-state index contributed by atoms with van der Waals surface area (Å²) in [5, 5.41) is 2.82. The van der Waals surface area contributed by atoms with Crippen LogP contribution in [-0.4, -0.2) is 62.6 Å². The van der Waals surface area contributed by atoms with Crippen molar-refractivity contribution in [1.29, 1.82) is 0 Å². The lowest BCUT2D eigenvalue weighted by molar-refractivity contribution is 0.145. The first-order valence-corrected chi connectivity index (χ1v) is 10.8. The smallest absolute Gasteiger partial charge is 0.407 e. The summed E-state index contributed by atoms with van der Waals surface area (Å²) in [5.74, 6) is 1.17. The van der Waals surface area contributed by atoms with Gasteiger partial charge in [0, 0.05) is 37.6 Å². The molecule has 1 aromatic carbocycles. The van der Waals surface area contributed by atoms with Crippen molar-refractivity contribution in [2.75, 3.05) is 56.5 Å². The monoisotopic (exact) mass is 415 g/mol. The Morgan fingerprint density at radius 1 is 1.15 bits per heavy atom. The first-order chi connectivity index (χ1) is 12.7. The summed E-state index contributed by atoms with van der Waals surface area (Å²) in [7, 11) is 0. The molecule has 0 atom stereocenters. The summed E-state index contributed by atoms with van der Waals surface area (Å²) in [6, 6.07) is 8.77. The summed E-state index contributed by atoms with van der Waals surface area (Å²) in [6.07, 6.45) is 2.73. The van der Waals surface area contributed by atoms with Gasteiger partial charge in [-0.3, -0.25) is 4.90 Å². The van der Waals surface area contributed by atoms with Crippen molar-refractivity contribution in [2.24, 2.45) is 0 Å². The van der Waals surface area contributed by atoms with E-state index in [1.807, 2.05) is 18.7 Å². The number of para-hydroxylation sites is 1. The maximum atomic E-state index is 11.4. The number of thioether (sulfide) groups is 1. The van der Waals surface area contributed by atoms with Crippen LogP contribution in [0.3, 0.4) is 0 Å². The van der Waals surface area contributed by atoms with E-state index in [0.717, 1.165) is 45.6 Å². The zero-order valence-electron chi connectivity index (χ0n) is 16.6. The molecule has 0 unspecified atom stereocenters. The molecular weight excluding hydrogens is 382 g/mol. The number of carbonyl (C=O) groups is 1. The van der Waals surface area contributed by atoms with Crippen LogP contribution in [-0.2, 0) is 4.74 Å². The highest BCUT2D eigenvalue weighted by atomic mass is 35.5. The molecule has 0 spiro atoms. The summed E-state index contributed by atoms with van der Waals surface area (Å²) >= 11 is 1.96. The summed E-state index contributed by atoms with van der Waals surface area (Å²) in [6.45, 7) is 10.7. The standard InChI is InChI=1S/C20H33N3O2S.ClH/c1-3-16-25-20(24)21-10-7-11-22-12-14-23(15-13-22)18-8-5-6-9-19(18)26-17-4-2;/h5-6,8-9H,3-4,7,10-17H2,1-2H3,(H,21,24);1H. The van der Waals surface area contributed by atoms with Gasteiger partial charge in [0.2, 0.25) is 0 Å². The van der Waals surface area contributed by atoms with Gasteiger partial charge in [-0.25, -0.2) is 4.79 Å². The highest BCUT2D eigenvalue weighted by Gasteiger charge is 2.18. The Hall–Kier alpha value is -1.11. The molecule has 0 aromatic heterocycles. The van der Waals surface area contributed by atoms with Crippen LogP contribution < -0.4 is 10.2 Å². The fraction of sp³-hybridized carbons (Fsp3) is 0.650. The Kier molecular flexibility index (Phi) is 12.4. The largest absolute Gasteiger partial charge is 0.450 e. The van der Waals surface area contributed by atoms with Crippen molar-refractivity contribution in [2.45, 2.75) is 38.0 Å². The number of rotatable bonds is 10. The first kappa shape index (κ1) is 23.9. The Bertz CT molecular complexity index is 540. The van der Waals surface area contributed by atoms with E-state index in [4.69, 9.17) is 4.74 Å². The zero-order valence-corrected chi connectivity index (χ0v) is 18.2. The molecule has 154 valence electrons. The molecule has 1 amide bonds. The van der Waals surface area contributed by atoms with E-state index in [1.54, 1.807) is 0 Å².